The first kappa shape index (κ1) is 30.1. The Balaban J connectivity index is 1.33. The van der Waals surface area contributed by atoms with E-state index < -0.39 is 29.6 Å². The second kappa shape index (κ2) is 13.0. The zero-order valence-corrected chi connectivity index (χ0v) is 25.2. The van der Waals surface area contributed by atoms with E-state index in [-0.39, 0.29) is 24.3 Å². The van der Waals surface area contributed by atoms with Gasteiger partial charge in [0, 0.05) is 38.5 Å². The SMILES string of the molecule is CCOc1ccc(N2CC=C[C@H]3O[C@]45C=CCN(Cc6ccccc6)C(=O)C4N(CCCCCCO)C(=O)[C@@H]5[C@H]3C2=O)cc1. The highest BCUT2D eigenvalue weighted by molar-refractivity contribution is 6.03. The second-order valence-electron chi connectivity index (χ2n) is 11.9. The molecule has 2 saturated heterocycles. The number of hydrogen-bond donors (Lipinski definition) is 1. The van der Waals surface area contributed by atoms with Crippen LogP contribution in [0, 0.1) is 11.8 Å². The largest absolute Gasteiger partial charge is 0.494 e. The second-order valence-corrected chi connectivity index (χ2v) is 11.9. The number of hydrogen-bond acceptors (Lipinski definition) is 6. The fourth-order valence-electron chi connectivity index (χ4n) is 7.24. The van der Waals surface area contributed by atoms with E-state index in [9.17, 15) is 19.5 Å². The molecule has 4 aliphatic rings. The molecule has 2 fully saturated rings. The van der Waals surface area contributed by atoms with Crippen molar-refractivity contribution < 1.29 is 29.0 Å². The number of amides is 3. The van der Waals surface area contributed by atoms with E-state index in [1.165, 1.54) is 0 Å². The summed E-state index contributed by atoms with van der Waals surface area (Å²) >= 11 is 0. The van der Waals surface area contributed by atoms with Crippen LogP contribution in [0.3, 0.4) is 0 Å². The number of carbonyl (C=O) groups excluding carboxylic acids is 3. The van der Waals surface area contributed by atoms with Gasteiger partial charge in [0.2, 0.25) is 17.7 Å². The van der Waals surface area contributed by atoms with Gasteiger partial charge in [-0.3, -0.25) is 14.4 Å². The molecule has 6 rings (SSSR count). The quantitative estimate of drug-likeness (QED) is 0.312. The number of rotatable bonds is 11. The standard InChI is InChI=1S/C35H41N3O6/c1-2-43-27-17-15-26(16-18-27)37-22-10-14-28-29(32(37)40)30-33(41)38(21-8-3-4-9-23-39)31-34(42)36(20-11-19-35(30,31)44-28)24-25-12-6-5-7-13-25/h5-7,10-19,28-31,39H,2-4,8-9,20-24H2,1H3/t28-,29+,30+,31?,35+/m1/s1. The van der Waals surface area contributed by atoms with E-state index in [1.54, 1.807) is 14.7 Å². The van der Waals surface area contributed by atoms with Crippen molar-refractivity contribution in [3.8, 4) is 5.75 Å². The average molecular weight is 600 g/mol. The molecule has 5 atom stereocenters. The normalized spacial score (nSPS) is 27.7. The lowest BCUT2D eigenvalue weighted by Gasteiger charge is -2.35. The number of aliphatic hydroxyl groups excluding tert-OH is 1. The van der Waals surface area contributed by atoms with Gasteiger partial charge in [0.25, 0.3) is 0 Å². The van der Waals surface area contributed by atoms with Crippen molar-refractivity contribution in [2.45, 2.75) is 56.9 Å². The monoisotopic (exact) mass is 599 g/mol. The molecular formula is C35H41N3O6. The van der Waals surface area contributed by atoms with Crippen molar-refractivity contribution in [2.75, 3.05) is 37.7 Å². The van der Waals surface area contributed by atoms with Crippen molar-refractivity contribution in [3.05, 3.63) is 84.5 Å². The van der Waals surface area contributed by atoms with Gasteiger partial charge in [-0.15, -0.1) is 0 Å². The van der Waals surface area contributed by atoms with Crippen LogP contribution in [0.5, 0.6) is 5.75 Å². The van der Waals surface area contributed by atoms with E-state index >= 15 is 0 Å². The summed E-state index contributed by atoms with van der Waals surface area (Å²) in [7, 11) is 0. The van der Waals surface area contributed by atoms with E-state index in [2.05, 4.69) is 0 Å². The Morgan fingerprint density at radius 3 is 2.43 bits per heavy atom. The summed E-state index contributed by atoms with van der Waals surface area (Å²) in [6.45, 7) is 4.14. The number of nitrogens with zero attached hydrogens (tertiary/aromatic N) is 3. The highest BCUT2D eigenvalue weighted by Crippen LogP contribution is 2.53. The van der Waals surface area contributed by atoms with Crippen LogP contribution in [0.25, 0.3) is 0 Å². The van der Waals surface area contributed by atoms with Gasteiger partial charge in [-0.25, -0.2) is 0 Å². The zero-order valence-electron chi connectivity index (χ0n) is 25.2. The third-order valence-corrected chi connectivity index (χ3v) is 9.22. The highest BCUT2D eigenvalue weighted by Gasteiger charge is 2.71. The van der Waals surface area contributed by atoms with Gasteiger partial charge < -0.3 is 29.3 Å². The molecular weight excluding hydrogens is 558 g/mol. The Morgan fingerprint density at radius 1 is 0.909 bits per heavy atom. The van der Waals surface area contributed by atoms with Gasteiger partial charge in [-0.05, 0) is 49.6 Å². The van der Waals surface area contributed by atoms with E-state index in [1.807, 2.05) is 85.8 Å². The Kier molecular flexibility index (Phi) is 8.86. The molecule has 0 aliphatic carbocycles. The van der Waals surface area contributed by atoms with Crippen LogP contribution in [-0.4, -0.2) is 83.2 Å². The van der Waals surface area contributed by atoms with Crippen LogP contribution < -0.4 is 9.64 Å². The van der Waals surface area contributed by atoms with Gasteiger partial charge in [0.15, 0.2) is 0 Å². The number of carbonyl (C=O) groups is 3. The minimum atomic E-state index is -1.25. The van der Waals surface area contributed by atoms with Gasteiger partial charge >= 0.3 is 0 Å². The summed E-state index contributed by atoms with van der Waals surface area (Å²) in [4.78, 5) is 48.4. The van der Waals surface area contributed by atoms with Crippen molar-refractivity contribution in [1.29, 1.82) is 0 Å². The lowest BCUT2D eigenvalue weighted by molar-refractivity contribution is -0.147. The molecule has 232 valence electrons. The van der Waals surface area contributed by atoms with Crippen molar-refractivity contribution >= 4 is 23.4 Å². The van der Waals surface area contributed by atoms with Gasteiger partial charge in [-0.1, -0.05) is 67.5 Å². The highest BCUT2D eigenvalue weighted by atomic mass is 16.5. The van der Waals surface area contributed by atoms with Gasteiger partial charge in [0.05, 0.1) is 24.5 Å². The summed E-state index contributed by atoms with van der Waals surface area (Å²) in [6, 6.07) is 16.3. The third-order valence-electron chi connectivity index (χ3n) is 9.22. The molecule has 9 nitrogen and oxygen atoms in total. The molecule has 0 radical (unpaired) electrons. The topological polar surface area (TPSA) is 99.6 Å². The van der Waals surface area contributed by atoms with Crippen LogP contribution in [0.15, 0.2) is 78.9 Å². The number of ether oxygens (including phenoxy) is 2. The minimum Gasteiger partial charge on any atom is -0.494 e. The molecule has 9 heteroatoms. The number of benzene rings is 2. The average Bonchev–Trinajstić information content (AvgIpc) is 3.35. The molecule has 2 aromatic rings. The van der Waals surface area contributed by atoms with Gasteiger partial charge in [0.1, 0.15) is 17.4 Å². The van der Waals surface area contributed by atoms with E-state index in [4.69, 9.17) is 9.47 Å². The first-order chi connectivity index (χ1) is 21.5. The minimum absolute atomic E-state index is 0.131. The Hall–Kier alpha value is -3.95. The lowest BCUT2D eigenvalue weighted by atomic mass is 9.77. The summed E-state index contributed by atoms with van der Waals surface area (Å²) in [5.41, 5.74) is 0.471. The van der Waals surface area contributed by atoms with Crippen LogP contribution in [0.1, 0.15) is 38.2 Å². The predicted octanol–water partition coefficient (Wildman–Crippen LogP) is 3.72. The smallest absolute Gasteiger partial charge is 0.249 e. The van der Waals surface area contributed by atoms with E-state index in [0.717, 1.165) is 24.2 Å². The molecule has 1 N–H and O–H groups in total. The number of anilines is 1. The molecule has 4 heterocycles. The van der Waals surface area contributed by atoms with Crippen molar-refractivity contribution in [1.82, 2.24) is 9.80 Å². The molecule has 1 spiro atoms. The number of fused-ring (bicyclic) bond motifs is 2. The third kappa shape index (κ3) is 5.43. The first-order valence-electron chi connectivity index (χ1n) is 15.8. The Morgan fingerprint density at radius 2 is 1.68 bits per heavy atom. The Bertz CT molecular complexity index is 1410. The zero-order chi connectivity index (χ0) is 30.7. The van der Waals surface area contributed by atoms with Crippen LogP contribution >= 0.6 is 0 Å². The fraction of sp³-hybridized carbons (Fsp3) is 0.457. The maximum atomic E-state index is 14.5. The molecule has 2 aromatic carbocycles. The Labute approximate surface area is 258 Å². The van der Waals surface area contributed by atoms with Crippen molar-refractivity contribution in [3.63, 3.8) is 0 Å². The number of aliphatic hydroxyl groups is 1. The first-order valence-corrected chi connectivity index (χ1v) is 15.8. The van der Waals surface area contributed by atoms with Crippen molar-refractivity contribution in [2.24, 2.45) is 11.8 Å². The fourth-order valence-corrected chi connectivity index (χ4v) is 7.24. The molecule has 0 bridgehead atoms. The van der Waals surface area contributed by atoms with Crippen LogP contribution in [-0.2, 0) is 25.7 Å². The predicted molar refractivity (Wildman–Crippen MR) is 166 cm³/mol. The summed E-state index contributed by atoms with van der Waals surface area (Å²) in [6.07, 6.45) is 10.1. The summed E-state index contributed by atoms with van der Waals surface area (Å²) in [5.74, 6) is -1.43. The van der Waals surface area contributed by atoms with Crippen LogP contribution in [0.4, 0.5) is 5.69 Å². The number of unbranched alkanes of at least 4 members (excludes halogenated alkanes) is 3. The molecule has 0 aromatic heterocycles. The molecule has 4 aliphatic heterocycles. The lowest BCUT2D eigenvalue weighted by Crippen LogP contribution is -2.55. The maximum absolute atomic E-state index is 14.5. The number of likely N-dealkylation sites (tertiary alicyclic amines) is 1. The maximum Gasteiger partial charge on any atom is 0.249 e. The summed E-state index contributed by atoms with van der Waals surface area (Å²) in [5, 5.41) is 9.21. The van der Waals surface area contributed by atoms with Gasteiger partial charge in [-0.2, -0.15) is 0 Å². The molecule has 3 amide bonds. The molecule has 1 unspecified atom stereocenters. The van der Waals surface area contributed by atoms with Crippen LogP contribution in [0.2, 0.25) is 0 Å². The molecule has 0 saturated carbocycles. The van der Waals surface area contributed by atoms with E-state index in [0.29, 0.717) is 51.3 Å². The molecule has 44 heavy (non-hydrogen) atoms. The summed E-state index contributed by atoms with van der Waals surface area (Å²) < 4.78 is 12.4.